The first kappa shape index (κ1) is 18.6. The Bertz CT molecular complexity index is 909. The summed E-state index contributed by atoms with van der Waals surface area (Å²) in [5.74, 6) is 0.280. The number of nitrogens with one attached hydrogen (secondary N) is 3. The molecule has 2 heterocycles. The van der Waals surface area contributed by atoms with Crippen LogP contribution in [0.15, 0.2) is 36.8 Å². The average Bonchev–Trinajstić information content (AvgIpc) is 3.14. The number of imidazole rings is 1. The summed E-state index contributed by atoms with van der Waals surface area (Å²) in [7, 11) is 3.90. The maximum atomic E-state index is 11.8. The Morgan fingerprint density at radius 1 is 1.22 bits per heavy atom. The molecular weight excluding hydrogens is 346 g/mol. The van der Waals surface area contributed by atoms with Crippen LogP contribution < -0.4 is 10.6 Å². The quantitative estimate of drug-likeness (QED) is 0.392. The van der Waals surface area contributed by atoms with Crippen molar-refractivity contribution in [2.45, 2.75) is 6.42 Å². The number of para-hydroxylation sites is 1. The molecule has 9 heteroatoms. The van der Waals surface area contributed by atoms with Crippen molar-refractivity contribution in [3.05, 3.63) is 52.6 Å². The second kappa shape index (κ2) is 8.45. The van der Waals surface area contributed by atoms with Gasteiger partial charge in [-0.25, -0.2) is 9.97 Å². The van der Waals surface area contributed by atoms with E-state index in [9.17, 15) is 10.1 Å². The zero-order chi connectivity index (χ0) is 19.2. The minimum absolute atomic E-state index is 0.0329. The van der Waals surface area contributed by atoms with Gasteiger partial charge in [0, 0.05) is 37.6 Å². The van der Waals surface area contributed by atoms with Crippen LogP contribution in [-0.2, 0) is 6.42 Å². The predicted molar refractivity (Wildman–Crippen MR) is 106 cm³/mol. The summed E-state index contributed by atoms with van der Waals surface area (Å²) >= 11 is 0. The molecule has 0 saturated heterocycles. The summed E-state index contributed by atoms with van der Waals surface area (Å²) in [6, 6.07) is 7.43. The third-order valence-corrected chi connectivity index (χ3v) is 4.14. The lowest BCUT2D eigenvalue weighted by molar-refractivity contribution is -0.383. The molecular formula is C18H23N7O2. The average molecular weight is 369 g/mol. The van der Waals surface area contributed by atoms with E-state index < -0.39 is 0 Å². The predicted octanol–water partition coefficient (Wildman–Crippen LogP) is 2.49. The Morgan fingerprint density at radius 2 is 2.04 bits per heavy atom. The van der Waals surface area contributed by atoms with Crippen LogP contribution in [-0.4, -0.2) is 58.5 Å². The van der Waals surface area contributed by atoms with Crippen molar-refractivity contribution in [3.63, 3.8) is 0 Å². The first-order chi connectivity index (χ1) is 13.1. The minimum Gasteiger partial charge on any atom is -0.378 e. The van der Waals surface area contributed by atoms with Crippen LogP contribution in [0.4, 0.5) is 17.2 Å². The fourth-order valence-electron chi connectivity index (χ4n) is 2.82. The third-order valence-electron chi connectivity index (χ3n) is 4.14. The number of fused-ring (bicyclic) bond motifs is 1. The second-order valence-electron chi connectivity index (χ2n) is 6.43. The fourth-order valence-corrected chi connectivity index (χ4v) is 2.82. The molecule has 0 amide bonds. The second-order valence-corrected chi connectivity index (χ2v) is 6.43. The molecule has 0 aliphatic rings. The molecule has 0 unspecified atom stereocenters. The van der Waals surface area contributed by atoms with Crippen LogP contribution in [0.25, 0.3) is 10.9 Å². The normalized spacial score (nSPS) is 11.1. The number of likely N-dealkylation sites (N-methyl/N-ethyl adjacent to an activating group) is 1. The lowest BCUT2D eigenvalue weighted by atomic mass is 10.1. The van der Waals surface area contributed by atoms with Crippen molar-refractivity contribution < 1.29 is 4.92 Å². The maximum absolute atomic E-state index is 11.8. The molecule has 3 aromatic rings. The number of nitro groups is 1. The minimum atomic E-state index is -0.381. The highest BCUT2D eigenvalue weighted by atomic mass is 16.6. The smallest absolute Gasteiger partial charge is 0.334 e. The molecule has 27 heavy (non-hydrogen) atoms. The Labute approximate surface area is 157 Å². The highest BCUT2D eigenvalue weighted by Crippen LogP contribution is 2.37. The van der Waals surface area contributed by atoms with Gasteiger partial charge in [0.1, 0.15) is 5.69 Å². The largest absolute Gasteiger partial charge is 0.378 e. The van der Waals surface area contributed by atoms with Gasteiger partial charge < -0.3 is 20.5 Å². The number of hydrogen-bond acceptors (Lipinski definition) is 7. The van der Waals surface area contributed by atoms with Gasteiger partial charge in [-0.05, 0) is 20.2 Å². The van der Waals surface area contributed by atoms with Gasteiger partial charge in [-0.2, -0.15) is 0 Å². The highest BCUT2D eigenvalue weighted by Gasteiger charge is 2.24. The molecule has 3 N–H and O–H groups in total. The van der Waals surface area contributed by atoms with Gasteiger partial charge in [-0.3, -0.25) is 10.1 Å². The summed E-state index contributed by atoms with van der Waals surface area (Å²) in [6.45, 7) is 1.83. The van der Waals surface area contributed by atoms with Crippen LogP contribution >= 0.6 is 0 Å². The summed E-state index contributed by atoms with van der Waals surface area (Å²) < 4.78 is 0. The molecule has 2 aromatic heterocycles. The highest BCUT2D eigenvalue weighted by molar-refractivity contribution is 5.99. The van der Waals surface area contributed by atoms with Crippen molar-refractivity contribution >= 4 is 28.1 Å². The number of pyridine rings is 1. The zero-order valence-corrected chi connectivity index (χ0v) is 15.4. The van der Waals surface area contributed by atoms with Crippen molar-refractivity contribution in [2.75, 3.05) is 44.4 Å². The maximum Gasteiger partial charge on any atom is 0.334 e. The van der Waals surface area contributed by atoms with Gasteiger partial charge in [0.05, 0.1) is 22.5 Å². The number of benzene rings is 1. The van der Waals surface area contributed by atoms with E-state index in [0.29, 0.717) is 30.7 Å². The van der Waals surface area contributed by atoms with E-state index in [0.717, 1.165) is 17.6 Å². The van der Waals surface area contributed by atoms with Gasteiger partial charge >= 0.3 is 5.69 Å². The number of aromatic amines is 1. The van der Waals surface area contributed by atoms with Crippen LogP contribution in [0.3, 0.4) is 0 Å². The van der Waals surface area contributed by atoms with Crippen molar-refractivity contribution in [1.82, 2.24) is 19.9 Å². The van der Waals surface area contributed by atoms with Gasteiger partial charge in [0.25, 0.3) is 0 Å². The Kier molecular flexibility index (Phi) is 5.82. The van der Waals surface area contributed by atoms with E-state index in [1.54, 1.807) is 6.33 Å². The fraction of sp³-hybridized carbons (Fsp3) is 0.333. The zero-order valence-electron chi connectivity index (χ0n) is 15.4. The molecule has 0 atom stereocenters. The lowest BCUT2D eigenvalue weighted by Crippen LogP contribution is -2.21. The van der Waals surface area contributed by atoms with E-state index in [4.69, 9.17) is 0 Å². The number of rotatable bonds is 9. The molecule has 0 aliphatic heterocycles. The van der Waals surface area contributed by atoms with E-state index in [1.807, 2.05) is 49.5 Å². The number of anilines is 2. The van der Waals surface area contributed by atoms with E-state index in [-0.39, 0.29) is 16.4 Å². The molecule has 142 valence electrons. The molecule has 1 aromatic carbocycles. The van der Waals surface area contributed by atoms with Crippen molar-refractivity contribution in [2.24, 2.45) is 0 Å². The molecule has 0 saturated carbocycles. The summed E-state index contributed by atoms with van der Waals surface area (Å²) in [4.78, 5) is 25.0. The molecule has 0 bridgehead atoms. The molecule has 9 nitrogen and oxygen atoms in total. The Balaban J connectivity index is 1.94. The van der Waals surface area contributed by atoms with Gasteiger partial charge in [0.2, 0.25) is 5.82 Å². The van der Waals surface area contributed by atoms with Gasteiger partial charge in [-0.15, -0.1) is 0 Å². The summed E-state index contributed by atoms with van der Waals surface area (Å²) in [6.07, 6.45) is 4.09. The van der Waals surface area contributed by atoms with Crippen LogP contribution in [0.2, 0.25) is 0 Å². The molecule has 0 radical (unpaired) electrons. The lowest BCUT2D eigenvalue weighted by Gasteiger charge is -2.15. The standard InChI is InChI=1S/C18H23N7O2/c1-24(2)10-9-21-18-17(25(26)27)16(14-5-3-4-6-15(14)23-18)20-8-7-13-11-19-12-22-13/h3-6,11-12H,7-10H2,1-2H3,(H,19,22)(H2,20,21,23). The summed E-state index contributed by atoms with van der Waals surface area (Å²) in [5.41, 5.74) is 2.05. The first-order valence-corrected chi connectivity index (χ1v) is 8.73. The Morgan fingerprint density at radius 3 is 2.74 bits per heavy atom. The van der Waals surface area contributed by atoms with Crippen molar-refractivity contribution in [3.8, 4) is 0 Å². The van der Waals surface area contributed by atoms with Crippen molar-refractivity contribution in [1.29, 1.82) is 0 Å². The topological polar surface area (TPSA) is 112 Å². The first-order valence-electron chi connectivity index (χ1n) is 8.73. The molecule has 0 spiro atoms. The number of nitrogens with zero attached hydrogens (tertiary/aromatic N) is 4. The number of H-pyrrole nitrogens is 1. The number of hydrogen-bond donors (Lipinski definition) is 3. The van der Waals surface area contributed by atoms with Gasteiger partial charge in [-0.1, -0.05) is 18.2 Å². The molecule has 3 rings (SSSR count). The third kappa shape index (κ3) is 4.50. The Hall–Kier alpha value is -3.20. The SMILES string of the molecule is CN(C)CCNc1nc2ccccc2c(NCCc2c[nH]cn2)c1[N+](=O)[O-]. The monoisotopic (exact) mass is 369 g/mol. The van der Waals surface area contributed by atoms with Gasteiger partial charge in [0.15, 0.2) is 0 Å². The number of aromatic nitrogens is 3. The molecule has 0 fully saturated rings. The van der Waals surface area contributed by atoms with E-state index in [1.165, 1.54) is 0 Å². The van der Waals surface area contributed by atoms with Crippen LogP contribution in [0.5, 0.6) is 0 Å². The van der Waals surface area contributed by atoms with Crippen LogP contribution in [0.1, 0.15) is 5.69 Å². The van der Waals surface area contributed by atoms with E-state index >= 15 is 0 Å². The van der Waals surface area contributed by atoms with Crippen LogP contribution in [0, 0.1) is 10.1 Å². The molecule has 0 aliphatic carbocycles. The summed E-state index contributed by atoms with van der Waals surface area (Å²) in [5, 5.41) is 18.9. The van der Waals surface area contributed by atoms with E-state index in [2.05, 4.69) is 25.6 Å².